The second kappa shape index (κ2) is 6.17. The van der Waals surface area contributed by atoms with Gasteiger partial charge in [0.2, 0.25) is 5.91 Å². The molecule has 0 aromatic heterocycles. The third kappa shape index (κ3) is 2.67. The molecule has 136 valence electrons. The van der Waals surface area contributed by atoms with Crippen LogP contribution in [0.2, 0.25) is 0 Å². The number of carbonyl (C=O) groups is 1. The lowest BCUT2D eigenvalue weighted by Crippen LogP contribution is -2.50. The van der Waals surface area contributed by atoms with Crippen molar-refractivity contribution >= 4 is 27.5 Å². The van der Waals surface area contributed by atoms with Crippen LogP contribution in [-0.4, -0.2) is 58.6 Å². The zero-order valence-electron chi connectivity index (χ0n) is 14.3. The van der Waals surface area contributed by atoms with E-state index in [4.69, 9.17) is 4.74 Å². The summed E-state index contributed by atoms with van der Waals surface area (Å²) in [5.74, 6) is 0.122. The highest BCUT2D eigenvalue weighted by Gasteiger charge is 2.43. The topological polar surface area (TPSA) is 70.2 Å². The Bertz CT molecular complexity index is 768. The van der Waals surface area contributed by atoms with Crippen LogP contribution in [0.5, 0.6) is 0 Å². The fourth-order valence-electron chi connectivity index (χ4n) is 3.99. The molecule has 1 aromatic rings. The molecule has 7 nitrogen and oxygen atoms in total. The number of fused-ring (bicyclic) bond motifs is 1. The highest BCUT2D eigenvalue weighted by molar-refractivity contribution is 7.94. The number of carbonyl (C=O) groups excluding carboxylic acids is 1. The minimum Gasteiger partial charge on any atom is -0.381 e. The molecule has 3 heterocycles. The predicted octanol–water partition coefficient (Wildman–Crippen LogP) is 1.22. The van der Waals surface area contributed by atoms with Crippen molar-refractivity contribution in [1.29, 1.82) is 0 Å². The minimum absolute atomic E-state index is 0.0288. The number of piperidine rings is 1. The van der Waals surface area contributed by atoms with Gasteiger partial charge in [-0.2, -0.15) is 8.42 Å². The predicted molar refractivity (Wildman–Crippen MR) is 94.8 cm³/mol. The monoisotopic (exact) mass is 365 g/mol. The summed E-state index contributed by atoms with van der Waals surface area (Å²) in [6.45, 7) is 2.36. The number of hydrogen-bond acceptors (Lipinski definition) is 4. The number of rotatable bonds is 2. The summed E-state index contributed by atoms with van der Waals surface area (Å²) in [7, 11) is -1.94. The molecular formula is C17H23N3O4S. The fourth-order valence-corrected chi connectivity index (χ4v) is 5.65. The van der Waals surface area contributed by atoms with Crippen LogP contribution in [0.25, 0.3) is 0 Å². The number of benzene rings is 1. The Morgan fingerprint density at radius 1 is 1.12 bits per heavy atom. The first kappa shape index (κ1) is 16.7. The molecule has 1 aromatic carbocycles. The Kier molecular flexibility index (Phi) is 4.11. The second-order valence-electron chi connectivity index (χ2n) is 6.88. The quantitative estimate of drug-likeness (QED) is 0.790. The van der Waals surface area contributed by atoms with Gasteiger partial charge < -0.3 is 9.64 Å². The number of amides is 1. The Hall–Kier alpha value is -1.80. The molecule has 25 heavy (non-hydrogen) atoms. The van der Waals surface area contributed by atoms with Crippen LogP contribution in [0.4, 0.5) is 11.4 Å². The molecule has 1 amide bonds. The minimum atomic E-state index is -3.53. The zero-order chi connectivity index (χ0) is 17.6. The maximum Gasteiger partial charge on any atom is 0.326 e. The Morgan fingerprint density at radius 2 is 1.80 bits per heavy atom. The van der Waals surface area contributed by atoms with E-state index in [1.807, 2.05) is 29.2 Å². The molecule has 1 atom stereocenters. The van der Waals surface area contributed by atoms with E-state index in [1.165, 1.54) is 4.31 Å². The van der Waals surface area contributed by atoms with E-state index in [2.05, 4.69) is 0 Å². The lowest BCUT2D eigenvalue weighted by Gasteiger charge is -2.37. The average Bonchev–Trinajstić information content (AvgIpc) is 3.22. The Balaban J connectivity index is 1.50. The second-order valence-corrected chi connectivity index (χ2v) is 8.71. The van der Waals surface area contributed by atoms with Crippen molar-refractivity contribution in [2.24, 2.45) is 5.92 Å². The third-order valence-corrected chi connectivity index (χ3v) is 7.32. The largest absolute Gasteiger partial charge is 0.381 e. The van der Waals surface area contributed by atoms with Gasteiger partial charge in [0.05, 0.1) is 29.9 Å². The maximum atomic E-state index is 12.8. The molecule has 3 aliphatic heterocycles. The van der Waals surface area contributed by atoms with Crippen molar-refractivity contribution in [2.45, 2.75) is 25.3 Å². The van der Waals surface area contributed by atoms with Crippen molar-refractivity contribution in [3.05, 3.63) is 24.3 Å². The van der Waals surface area contributed by atoms with E-state index in [-0.39, 0.29) is 17.9 Å². The lowest BCUT2D eigenvalue weighted by molar-refractivity contribution is -0.136. The highest BCUT2D eigenvalue weighted by atomic mass is 32.2. The SMILES string of the molecule is CN1c2ccccc2N(C2CCN(C(=O)[C@H]3CCOC3)CC2)S1(=O)=O. The molecular weight excluding hydrogens is 342 g/mol. The number of para-hydroxylation sites is 2. The first-order chi connectivity index (χ1) is 12.0. The van der Waals surface area contributed by atoms with Crippen LogP contribution in [0.15, 0.2) is 24.3 Å². The average molecular weight is 365 g/mol. The van der Waals surface area contributed by atoms with Crippen molar-refractivity contribution in [3.8, 4) is 0 Å². The van der Waals surface area contributed by atoms with Crippen LogP contribution in [0, 0.1) is 5.92 Å². The Labute approximate surface area is 148 Å². The van der Waals surface area contributed by atoms with Gasteiger partial charge in [-0.25, -0.2) is 4.31 Å². The molecule has 8 heteroatoms. The van der Waals surface area contributed by atoms with Gasteiger partial charge in [-0.3, -0.25) is 9.10 Å². The number of ether oxygens (including phenoxy) is 1. The van der Waals surface area contributed by atoms with E-state index < -0.39 is 10.2 Å². The summed E-state index contributed by atoms with van der Waals surface area (Å²) in [6.07, 6.45) is 2.10. The number of nitrogens with zero attached hydrogens (tertiary/aromatic N) is 3. The van der Waals surface area contributed by atoms with Crippen LogP contribution in [-0.2, 0) is 19.7 Å². The third-order valence-electron chi connectivity index (χ3n) is 5.44. The van der Waals surface area contributed by atoms with Gasteiger partial charge in [0, 0.05) is 26.7 Å². The molecule has 0 spiro atoms. The molecule has 0 radical (unpaired) electrons. The fraction of sp³-hybridized carbons (Fsp3) is 0.588. The van der Waals surface area contributed by atoms with Crippen molar-refractivity contribution in [3.63, 3.8) is 0 Å². The van der Waals surface area contributed by atoms with E-state index in [9.17, 15) is 13.2 Å². The normalized spacial score (nSPS) is 26.1. The number of likely N-dealkylation sites (tertiary alicyclic amines) is 1. The molecule has 3 aliphatic rings. The molecule has 2 saturated heterocycles. The van der Waals surface area contributed by atoms with Gasteiger partial charge in [-0.05, 0) is 31.4 Å². The zero-order valence-corrected chi connectivity index (χ0v) is 15.1. The first-order valence-electron chi connectivity index (χ1n) is 8.74. The van der Waals surface area contributed by atoms with Gasteiger partial charge in [0.15, 0.2) is 0 Å². The van der Waals surface area contributed by atoms with Crippen LogP contribution >= 0.6 is 0 Å². The summed E-state index contributed by atoms with van der Waals surface area (Å²) in [6, 6.07) is 7.27. The lowest BCUT2D eigenvalue weighted by atomic mass is 10.0. The van der Waals surface area contributed by atoms with Crippen LogP contribution in [0.1, 0.15) is 19.3 Å². The van der Waals surface area contributed by atoms with Crippen LogP contribution < -0.4 is 8.61 Å². The van der Waals surface area contributed by atoms with Gasteiger partial charge in [-0.15, -0.1) is 0 Å². The van der Waals surface area contributed by atoms with Gasteiger partial charge in [0.1, 0.15) is 0 Å². The van der Waals surface area contributed by atoms with Gasteiger partial charge in [-0.1, -0.05) is 12.1 Å². The smallest absolute Gasteiger partial charge is 0.326 e. The number of hydrogen-bond donors (Lipinski definition) is 0. The molecule has 0 N–H and O–H groups in total. The molecule has 2 fully saturated rings. The number of anilines is 2. The molecule has 4 rings (SSSR count). The molecule has 0 aliphatic carbocycles. The molecule has 0 bridgehead atoms. The van der Waals surface area contributed by atoms with E-state index >= 15 is 0 Å². The Morgan fingerprint density at radius 3 is 2.44 bits per heavy atom. The summed E-state index contributed by atoms with van der Waals surface area (Å²) < 4.78 is 33.9. The standard InChI is InChI=1S/C17H23N3O4S/c1-18-15-4-2-3-5-16(15)20(25(18,22)23)14-6-9-19(10-7-14)17(21)13-8-11-24-12-13/h2-5,13-14H,6-12H2,1H3/t13-/m0/s1. The summed E-state index contributed by atoms with van der Waals surface area (Å²) in [5.41, 5.74) is 1.45. The van der Waals surface area contributed by atoms with Crippen molar-refractivity contribution in [2.75, 3.05) is 42.0 Å². The van der Waals surface area contributed by atoms with Gasteiger partial charge >= 0.3 is 10.2 Å². The first-order valence-corrected chi connectivity index (χ1v) is 10.1. The molecule has 0 unspecified atom stereocenters. The van der Waals surface area contributed by atoms with E-state index in [1.54, 1.807) is 11.4 Å². The summed E-state index contributed by atoms with van der Waals surface area (Å²) >= 11 is 0. The molecule has 0 saturated carbocycles. The van der Waals surface area contributed by atoms with Crippen molar-refractivity contribution in [1.82, 2.24) is 4.90 Å². The highest BCUT2D eigenvalue weighted by Crippen LogP contribution is 2.42. The van der Waals surface area contributed by atoms with Crippen LogP contribution in [0.3, 0.4) is 0 Å². The van der Waals surface area contributed by atoms with Gasteiger partial charge in [0.25, 0.3) is 0 Å². The van der Waals surface area contributed by atoms with E-state index in [0.717, 1.165) is 12.1 Å². The summed E-state index contributed by atoms with van der Waals surface area (Å²) in [4.78, 5) is 14.4. The van der Waals surface area contributed by atoms with Crippen molar-refractivity contribution < 1.29 is 17.9 Å². The van der Waals surface area contributed by atoms with E-state index in [0.29, 0.717) is 44.8 Å². The maximum absolute atomic E-state index is 12.8. The summed E-state index contributed by atoms with van der Waals surface area (Å²) in [5, 5.41) is 0.